The zero-order valence-electron chi connectivity index (χ0n) is 16.9. The van der Waals surface area contributed by atoms with E-state index in [9.17, 15) is 22.7 Å². The van der Waals surface area contributed by atoms with Crippen LogP contribution in [0.1, 0.15) is 40.0 Å². The molecule has 30 heavy (non-hydrogen) atoms. The van der Waals surface area contributed by atoms with Gasteiger partial charge in [-0.1, -0.05) is 27.2 Å². The Bertz CT molecular complexity index is 964. The van der Waals surface area contributed by atoms with Gasteiger partial charge in [0.05, 0.1) is 17.3 Å². The first-order valence-electron chi connectivity index (χ1n) is 9.82. The summed E-state index contributed by atoms with van der Waals surface area (Å²) in [6.45, 7) is 5.94. The van der Waals surface area contributed by atoms with Crippen LogP contribution in [0.4, 0.5) is 22.7 Å². The van der Waals surface area contributed by atoms with Gasteiger partial charge in [0.1, 0.15) is 5.82 Å². The molecular formula is C21H23F4N3OS. The lowest BCUT2D eigenvalue weighted by Gasteiger charge is -2.41. The van der Waals surface area contributed by atoms with Crippen LogP contribution in [0.25, 0.3) is 11.3 Å². The molecule has 0 unspecified atom stereocenters. The number of alkyl halides is 3. The third kappa shape index (κ3) is 3.32. The molecular weight excluding hydrogens is 418 g/mol. The van der Waals surface area contributed by atoms with E-state index in [0.717, 1.165) is 17.8 Å². The summed E-state index contributed by atoms with van der Waals surface area (Å²) in [5.74, 6) is -1.70. The number of fused-ring (bicyclic) bond motifs is 1. The SMILES string of the molecule is CC(C)(C)[C@@H]1CCC[C@H]2C1=NN(c1nc(-c3ccc(F)cc3)cs1)[C@@]2(O)C(F)(F)F. The molecule has 1 aromatic carbocycles. The fourth-order valence-corrected chi connectivity index (χ4v) is 5.29. The molecule has 4 nitrogen and oxygen atoms in total. The Kier molecular flexibility index (Phi) is 4.97. The molecule has 0 amide bonds. The predicted octanol–water partition coefficient (Wildman–Crippen LogP) is 5.84. The smallest absolute Gasteiger partial charge is 0.362 e. The first kappa shape index (κ1) is 21.2. The van der Waals surface area contributed by atoms with Crippen molar-refractivity contribution in [3.8, 4) is 11.3 Å². The van der Waals surface area contributed by atoms with Crippen LogP contribution in [0.5, 0.6) is 0 Å². The zero-order chi connectivity index (χ0) is 21.9. The summed E-state index contributed by atoms with van der Waals surface area (Å²) in [7, 11) is 0. The summed E-state index contributed by atoms with van der Waals surface area (Å²) in [5.41, 5.74) is -2.04. The lowest BCUT2D eigenvalue weighted by Crippen LogP contribution is -2.61. The number of hydrogen-bond donors (Lipinski definition) is 1. The van der Waals surface area contributed by atoms with Crippen molar-refractivity contribution in [1.82, 2.24) is 4.98 Å². The highest BCUT2D eigenvalue weighted by atomic mass is 32.1. The van der Waals surface area contributed by atoms with E-state index in [1.54, 1.807) is 5.38 Å². The van der Waals surface area contributed by atoms with E-state index in [-0.39, 0.29) is 22.9 Å². The number of anilines is 1. The number of rotatable bonds is 2. The predicted molar refractivity (Wildman–Crippen MR) is 109 cm³/mol. The number of halogens is 4. The van der Waals surface area contributed by atoms with Gasteiger partial charge in [0.15, 0.2) is 0 Å². The van der Waals surface area contributed by atoms with Crippen LogP contribution in [0.15, 0.2) is 34.7 Å². The summed E-state index contributed by atoms with van der Waals surface area (Å²) in [5, 5.41) is 17.6. The summed E-state index contributed by atoms with van der Waals surface area (Å²) < 4.78 is 55.8. The summed E-state index contributed by atoms with van der Waals surface area (Å²) in [6, 6.07) is 5.54. The van der Waals surface area contributed by atoms with E-state index >= 15 is 0 Å². The van der Waals surface area contributed by atoms with Crippen molar-refractivity contribution in [3.05, 3.63) is 35.5 Å². The first-order chi connectivity index (χ1) is 13.9. The van der Waals surface area contributed by atoms with Crippen molar-refractivity contribution in [2.24, 2.45) is 22.4 Å². The van der Waals surface area contributed by atoms with E-state index in [1.165, 1.54) is 24.3 Å². The zero-order valence-corrected chi connectivity index (χ0v) is 17.7. The molecule has 0 radical (unpaired) electrons. The van der Waals surface area contributed by atoms with Crippen molar-refractivity contribution < 1.29 is 22.7 Å². The Balaban J connectivity index is 1.79. The molecule has 1 N–H and O–H groups in total. The molecule has 1 fully saturated rings. The second kappa shape index (κ2) is 7.02. The number of thiazole rings is 1. The van der Waals surface area contributed by atoms with Crippen molar-refractivity contribution in [1.29, 1.82) is 0 Å². The van der Waals surface area contributed by atoms with Crippen LogP contribution in [-0.4, -0.2) is 27.7 Å². The monoisotopic (exact) mass is 441 g/mol. The topological polar surface area (TPSA) is 48.7 Å². The normalized spacial score (nSPS) is 27.2. The molecule has 0 spiro atoms. The van der Waals surface area contributed by atoms with Crippen LogP contribution in [-0.2, 0) is 0 Å². The third-order valence-electron chi connectivity index (χ3n) is 6.00. The van der Waals surface area contributed by atoms with Crippen molar-refractivity contribution >= 4 is 22.2 Å². The average Bonchev–Trinajstić information content (AvgIpc) is 3.25. The number of nitrogens with zero attached hydrogens (tertiary/aromatic N) is 3. The maximum atomic E-state index is 14.2. The Morgan fingerprint density at radius 3 is 2.40 bits per heavy atom. The maximum Gasteiger partial charge on any atom is 0.439 e. The minimum atomic E-state index is -4.91. The quantitative estimate of drug-likeness (QED) is 0.596. The largest absolute Gasteiger partial charge is 0.439 e. The highest BCUT2D eigenvalue weighted by molar-refractivity contribution is 7.14. The van der Waals surface area contributed by atoms with Crippen molar-refractivity contribution in [2.45, 2.75) is 51.9 Å². The highest BCUT2D eigenvalue weighted by Crippen LogP contribution is 2.53. The molecule has 0 bridgehead atoms. The minimum Gasteiger partial charge on any atom is -0.362 e. The maximum absolute atomic E-state index is 14.2. The molecule has 4 rings (SSSR count). The van der Waals surface area contributed by atoms with Gasteiger partial charge in [-0.3, -0.25) is 0 Å². The van der Waals surface area contributed by atoms with Gasteiger partial charge in [-0.15, -0.1) is 11.3 Å². The van der Waals surface area contributed by atoms with Gasteiger partial charge in [0.2, 0.25) is 5.13 Å². The second-order valence-corrected chi connectivity index (χ2v) is 9.82. The molecule has 162 valence electrons. The first-order valence-corrected chi connectivity index (χ1v) is 10.7. The van der Waals surface area contributed by atoms with E-state index in [2.05, 4.69) is 10.1 Å². The lowest BCUT2D eigenvalue weighted by atomic mass is 9.66. The van der Waals surface area contributed by atoms with Gasteiger partial charge in [0, 0.05) is 16.9 Å². The molecule has 3 atom stereocenters. The van der Waals surface area contributed by atoms with Crippen LogP contribution < -0.4 is 5.01 Å². The standard InChI is InChI=1S/C21H23F4N3OS/c1-19(2,3)14-5-4-6-15-17(14)27-28(20(15,29)21(23,24)25)18-26-16(11-30-18)12-7-9-13(22)10-8-12/h7-11,14-15,29H,4-6H2,1-3H3/t14-,15+,20+/m1/s1. The summed E-state index contributed by atoms with van der Waals surface area (Å²) >= 11 is 0.972. The van der Waals surface area contributed by atoms with E-state index in [1.807, 2.05) is 20.8 Å². The van der Waals surface area contributed by atoms with Gasteiger partial charge in [-0.05, 0) is 42.5 Å². The molecule has 1 aliphatic heterocycles. The van der Waals surface area contributed by atoms with Crippen molar-refractivity contribution in [3.63, 3.8) is 0 Å². The molecule has 1 saturated carbocycles. The van der Waals surface area contributed by atoms with Gasteiger partial charge in [-0.2, -0.15) is 23.3 Å². The van der Waals surface area contributed by atoms with Crippen LogP contribution >= 0.6 is 11.3 Å². The fourth-order valence-electron chi connectivity index (χ4n) is 4.45. The van der Waals surface area contributed by atoms with E-state index in [0.29, 0.717) is 28.4 Å². The van der Waals surface area contributed by atoms with E-state index < -0.39 is 23.6 Å². The molecule has 0 saturated heterocycles. The van der Waals surface area contributed by atoms with Gasteiger partial charge < -0.3 is 5.11 Å². The lowest BCUT2D eigenvalue weighted by molar-refractivity contribution is -0.269. The molecule has 2 aromatic rings. The average molecular weight is 441 g/mol. The van der Waals surface area contributed by atoms with Crippen LogP contribution in [0.2, 0.25) is 0 Å². The van der Waals surface area contributed by atoms with Crippen molar-refractivity contribution in [2.75, 3.05) is 5.01 Å². The number of hydrazone groups is 1. The van der Waals surface area contributed by atoms with Gasteiger partial charge in [-0.25, -0.2) is 9.37 Å². The molecule has 2 heterocycles. The molecule has 1 aliphatic carbocycles. The summed E-state index contributed by atoms with van der Waals surface area (Å²) in [6.07, 6.45) is -3.37. The molecule has 2 aliphatic rings. The third-order valence-corrected chi connectivity index (χ3v) is 6.82. The van der Waals surface area contributed by atoms with Gasteiger partial charge in [0.25, 0.3) is 5.72 Å². The Hall–Kier alpha value is -2.00. The Morgan fingerprint density at radius 1 is 1.13 bits per heavy atom. The molecule has 9 heteroatoms. The Morgan fingerprint density at radius 2 is 1.80 bits per heavy atom. The second-order valence-electron chi connectivity index (χ2n) is 8.98. The minimum absolute atomic E-state index is 0.0382. The number of aromatic nitrogens is 1. The summed E-state index contributed by atoms with van der Waals surface area (Å²) in [4.78, 5) is 4.30. The number of benzene rings is 1. The van der Waals surface area contributed by atoms with E-state index in [4.69, 9.17) is 0 Å². The fraction of sp³-hybridized carbons (Fsp3) is 0.524. The number of hydrogen-bond acceptors (Lipinski definition) is 5. The Labute approximate surface area is 176 Å². The number of aliphatic hydroxyl groups is 1. The van der Waals surface area contributed by atoms with Crippen LogP contribution in [0.3, 0.4) is 0 Å². The van der Waals surface area contributed by atoms with Crippen LogP contribution in [0, 0.1) is 23.1 Å². The van der Waals surface area contributed by atoms with Gasteiger partial charge >= 0.3 is 6.18 Å². The molecule has 1 aromatic heterocycles. The highest BCUT2D eigenvalue weighted by Gasteiger charge is 2.69.